The molecule has 0 spiro atoms. The average molecular weight is 365 g/mol. The van der Waals surface area contributed by atoms with Crippen LogP contribution >= 0.6 is 0 Å². The normalized spacial score (nSPS) is 15.0. The molecule has 8 heteroatoms. The van der Waals surface area contributed by atoms with Crippen LogP contribution in [-0.2, 0) is 18.3 Å². The van der Waals surface area contributed by atoms with Crippen molar-refractivity contribution in [1.82, 2.24) is 29.9 Å². The second-order valence-corrected chi connectivity index (χ2v) is 6.78. The van der Waals surface area contributed by atoms with Gasteiger partial charge >= 0.3 is 0 Å². The van der Waals surface area contributed by atoms with E-state index in [-0.39, 0.29) is 12.3 Å². The van der Waals surface area contributed by atoms with Crippen LogP contribution in [0.25, 0.3) is 5.69 Å². The lowest BCUT2D eigenvalue weighted by Gasteiger charge is -2.19. The molecule has 3 aromatic rings. The third-order valence-corrected chi connectivity index (χ3v) is 4.80. The van der Waals surface area contributed by atoms with Gasteiger partial charge in [-0.2, -0.15) is 15.2 Å². The number of anilines is 1. The standard InChI is InChI=1S/C19H23N7O/c1-25-19(23-18(24-25)15-7-10-20-11-8-15)22-17(27)13-14-3-5-16(6-4-14)26-12-2-9-21-26/h2-6,9,12,15,20H,7-8,10-11,13H2,1H3,(H,22,23,24,27). The van der Waals surface area contributed by atoms with Crippen molar-refractivity contribution in [3.05, 3.63) is 54.1 Å². The van der Waals surface area contributed by atoms with Crippen molar-refractivity contribution in [2.24, 2.45) is 7.05 Å². The van der Waals surface area contributed by atoms with Gasteiger partial charge in [-0.1, -0.05) is 12.1 Å². The zero-order valence-corrected chi connectivity index (χ0v) is 15.3. The van der Waals surface area contributed by atoms with Crippen LogP contribution in [0.1, 0.15) is 30.1 Å². The van der Waals surface area contributed by atoms with Crippen LogP contribution in [0.2, 0.25) is 0 Å². The zero-order chi connectivity index (χ0) is 18.6. The quantitative estimate of drug-likeness (QED) is 0.718. The Morgan fingerprint density at radius 2 is 2.04 bits per heavy atom. The van der Waals surface area contributed by atoms with E-state index in [1.807, 2.05) is 43.6 Å². The van der Waals surface area contributed by atoms with Gasteiger partial charge in [-0.25, -0.2) is 9.36 Å². The van der Waals surface area contributed by atoms with Crippen LogP contribution in [0, 0.1) is 0 Å². The van der Waals surface area contributed by atoms with Crippen LogP contribution in [0.4, 0.5) is 5.95 Å². The molecule has 8 nitrogen and oxygen atoms in total. The smallest absolute Gasteiger partial charge is 0.231 e. The van der Waals surface area contributed by atoms with Crippen molar-refractivity contribution in [1.29, 1.82) is 0 Å². The van der Waals surface area contributed by atoms with Crippen LogP contribution in [0.5, 0.6) is 0 Å². The molecule has 1 fully saturated rings. The molecule has 4 rings (SSSR count). The lowest BCUT2D eigenvalue weighted by Crippen LogP contribution is -2.27. The van der Waals surface area contributed by atoms with Gasteiger partial charge in [0.25, 0.3) is 0 Å². The van der Waals surface area contributed by atoms with Crippen molar-refractivity contribution in [3.63, 3.8) is 0 Å². The minimum atomic E-state index is -0.103. The summed E-state index contributed by atoms with van der Waals surface area (Å²) in [6, 6.07) is 9.65. The van der Waals surface area contributed by atoms with E-state index in [0.29, 0.717) is 11.9 Å². The molecule has 2 N–H and O–H groups in total. The average Bonchev–Trinajstić information content (AvgIpc) is 3.34. The first-order chi connectivity index (χ1) is 13.2. The molecule has 0 aliphatic carbocycles. The number of amides is 1. The van der Waals surface area contributed by atoms with Gasteiger partial charge < -0.3 is 5.32 Å². The molecular formula is C19H23N7O. The number of rotatable bonds is 5. The van der Waals surface area contributed by atoms with Crippen molar-refractivity contribution in [2.75, 3.05) is 18.4 Å². The SMILES string of the molecule is Cn1nc(C2CCNCC2)nc1NC(=O)Cc1ccc(-n2cccn2)cc1. The lowest BCUT2D eigenvalue weighted by molar-refractivity contribution is -0.115. The van der Waals surface area contributed by atoms with Crippen molar-refractivity contribution in [3.8, 4) is 5.69 Å². The van der Waals surface area contributed by atoms with E-state index in [4.69, 9.17) is 0 Å². The van der Waals surface area contributed by atoms with E-state index in [2.05, 4.69) is 25.8 Å². The van der Waals surface area contributed by atoms with E-state index < -0.39 is 0 Å². The fourth-order valence-electron chi connectivity index (χ4n) is 3.31. The first-order valence-electron chi connectivity index (χ1n) is 9.19. The third kappa shape index (κ3) is 4.06. The van der Waals surface area contributed by atoms with E-state index in [1.165, 1.54) is 0 Å². The van der Waals surface area contributed by atoms with Gasteiger partial charge in [0.2, 0.25) is 11.9 Å². The Hall–Kier alpha value is -3.00. The summed E-state index contributed by atoms with van der Waals surface area (Å²) in [6.45, 7) is 1.97. The maximum absolute atomic E-state index is 12.4. The number of aryl methyl sites for hydroxylation is 1. The van der Waals surface area contributed by atoms with Gasteiger partial charge in [0.05, 0.1) is 12.1 Å². The zero-order valence-electron chi connectivity index (χ0n) is 15.3. The van der Waals surface area contributed by atoms with Gasteiger partial charge in [-0.3, -0.25) is 10.1 Å². The molecule has 2 aromatic heterocycles. The van der Waals surface area contributed by atoms with Gasteiger partial charge in [0, 0.05) is 25.4 Å². The molecule has 3 heterocycles. The summed E-state index contributed by atoms with van der Waals surface area (Å²) in [5.41, 5.74) is 1.90. The van der Waals surface area contributed by atoms with E-state index in [1.54, 1.807) is 15.6 Å². The third-order valence-electron chi connectivity index (χ3n) is 4.80. The topological polar surface area (TPSA) is 89.7 Å². The highest BCUT2D eigenvalue weighted by atomic mass is 16.1. The second-order valence-electron chi connectivity index (χ2n) is 6.78. The van der Waals surface area contributed by atoms with Crippen molar-refractivity contribution < 1.29 is 4.79 Å². The van der Waals surface area contributed by atoms with Crippen molar-refractivity contribution in [2.45, 2.75) is 25.2 Å². The highest BCUT2D eigenvalue weighted by molar-refractivity contribution is 5.90. The molecule has 140 valence electrons. The largest absolute Gasteiger partial charge is 0.317 e. The summed E-state index contributed by atoms with van der Waals surface area (Å²) in [5.74, 6) is 1.58. The molecule has 0 unspecified atom stereocenters. The fraction of sp³-hybridized carbons (Fsp3) is 0.368. The van der Waals surface area contributed by atoms with Gasteiger partial charge in [0.15, 0.2) is 5.82 Å². The molecule has 0 atom stereocenters. The molecule has 27 heavy (non-hydrogen) atoms. The van der Waals surface area contributed by atoms with Gasteiger partial charge in [-0.05, 0) is 49.7 Å². The van der Waals surface area contributed by atoms with E-state index in [0.717, 1.165) is 43.0 Å². The molecule has 0 saturated carbocycles. The molecule has 1 amide bonds. The predicted octanol–water partition coefficient (Wildman–Crippen LogP) is 1.65. The van der Waals surface area contributed by atoms with Crippen LogP contribution in [0.3, 0.4) is 0 Å². The summed E-state index contributed by atoms with van der Waals surface area (Å²) in [7, 11) is 1.81. The predicted molar refractivity (Wildman–Crippen MR) is 102 cm³/mol. The number of nitrogens with zero attached hydrogens (tertiary/aromatic N) is 5. The summed E-state index contributed by atoms with van der Waals surface area (Å²) < 4.78 is 3.43. The van der Waals surface area contributed by atoms with Crippen molar-refractivity contribution >= 4 is 11.9 Å². The first-order valence-corrected chi connectivity index (χ1v) is 9.19. The Morgan fingerprint density at radius 3 is 2.74 bits per heavy atom. The van der Waals surface area contributed by atoms with E-state index >= 15 is 0 Å². The number of carbonyl (C=O) groups excluding carboxylic acids is 1. The highest BCUT2D eigenvalue weighted by Crippen LogP contribution is 2.23. The highest BCUT2D eigenvalue weighted by Gasteiger charge is 2.21. The van der Waals surface area contributed by atoms with E-state index in [9.17, 15) is 4.79 Å². The molecule has 1 aromatic carbocycles. The molecule has 1 aliphatic rings. The summed E-state index contributed by atoms with van der Waals surface area (Å²) >= 11 is 0. The number of carbonyl (C=O) groups is 1. The maximum Gasteiger partial charge on any atom is 0.231 e. The Labute approximate surface area is 157 Å². The second kappa shape index (κ2) is 7.71. The van der Waals surface area contributed by atoms with Gasteiger partial charge in [-0.15, -0.1) is 0 Å². The van der Waals surface area contributed by atoms with Gasteiger partial charge in [0.1, 0.15) is 0 Å². The minimum absolute atomic E-state index is 0.103. The van der Waals surface area contributed by atoms with Crippen LogP contribution in [0.15, 0.2) is 42.7 Å². The number of piperidine rings is 1. The fourth-order valence-corrected chi connectivity index (χ4v) is 3.31. The Morgan fingerprint density at radius 1 is 1.26 bits per heavy atom. The number of hydrogen-bond donors (Lipinski definition) is 2. The molecular weight excluding hydrogens is 342 g/mol. The summed E-state index contributed by atoms with van der Waals surface area (Å²) in [5, 5.41) is 14.9. The molecule has 1 aliphatic heterocycles. The minimum Gasteiger partial charge on any atom is -0.317 e. The van der Waals surface area contributed by atoms with Crippen LogP contribution < -0.4 is 10.6 Å². The number of benzene rings is 1. The number of hydrogen-bond acceptors (Lipinski definition) is 5. The Kier molecular flexibility index (Phi) is 4.97. The monoisotopic (exact) mass is 365 g/mol. The summed E-state index contributed by atoms with van der Waals surface area (Å²) in [6.07, 6.45) is 5.96. The first kappa shape index (κ1) is 17.4. The lowest BCUT2D eigenvalue weighted by atomic mass is 9.98. The summed E-state index contributed by atoms with van der Waals surface area (Å²) in [4.78, 5) is 17.0. The maximum atomic E-state index is 12.4. The number of aromatic nitrogens is 5. The number of nitrogens with one attached hydrogen (secondary N) is 2. The molecule has 1 saturated heterocycles. The van der Waals surface area contributed by atoms with Crippen LogP contribution in [-0.4, -0.2) is 43.5 Å². The molecule has 0 bridgehead atoms. The Bertz CT molecular complexity index is 893. The Balaban J connectivity index is 1.38. The molecule has 0 radical (unpaired) electrons.